The summed E-state index contributed by atoms with van der Waals surface area (Å²) in [4.78, 5) is 24.3. The molecule has 0 aliphatic carbocycles. The summed E-state index contributed by atoms with van der Waals surface area (Å²) in [6, 6.07) is 7.48. The highest BCUT2D eigenvalue weighted by Gasteiger charge is 2.16. The topological polar surface area (TPSA) is 94.3 Å². The summed E-state index contributed by atoms with van der Waals surface area (Å²) >= 11 is 0. The second-order valence-corrected chi connectivity index (χ2v) is 5.78. The van der Waals surface area contributed by atoms with E-state index in [1.54, 1.807) is 25.1 Å². The zero-order chi connectivity index (χ0) is 19.7. The Bertz CT molecular complexity index is 1190. The Morgan fingerprint density at radius 1 is 1.18 bits per heavy atom. The van der Waals surface area contributed by atoms with Gasteiger partial charge in [-0.2, -0.15) is 9.49 Å². The molecule has 4 aromatic heterocycles. The minimum atomic E-state index is -1.23. The molecule has 0 atom stereocenters. The number of pyridine rings is 3. The molecule has 0 saturated carbocycles. The second kappa shape index (κ2) is 6.99. The number of hydrogen-bond donors (Lipinski definition) is 1. The highest BCUT2D eigenvalue weighted by Crippen LogP contribution is 2.25. The van der Waals surface area contributed by atoms with Crippen molar-refractivity contribution in [3.63, 3.8) is 0 Å². The number of amides is 1. The van der Waals surface area contributed by atoms with Crippen molar-refractivity contribution in [2.45, 2.75) is 6.92 Å². The number of hydrogen-bond acceptors (Lipinski definition) is 6. The summed E-state index contributed by atoms with van der Waals surface area (Å²) in [6.45, 7) is 1.80. The molecule has 0 aliphatic rings. The maximum atomic E-state index is 13.4. The van der Waals surface area contributed by atoms with Crippen molar-refractivity contribution in [1.82, 2.24) is 24.6 Å². The van der Waals surface area contributed by atoms with Crippen molar-refractivity contribution in [2.75, 3.05) is 5.32 Å². The summed E-state index contributed by atoms with van der Waals surface area (Å²) in [5.41, 5.74) is 1.20. The molecule has 8 nitrogen and oxygen atoms in total. The molecule has 1 amide bonds. The van der Waals surface area contributed by atoms with Crippen molar-refractivity contribution < 1.29 is 18.3 Å². The third-order valence-corrected chi connectivity index (χ3v) is 3.73. The van der Waals surface area contributed by atoms with Gasteiger partial charge in [-0.3, -0.25) is 4.79 Å². The summed E-state index contributed by atoms with van der Waals surface area (Å²) in [6.07, 6.45) is 3.76. The van der Waals surface area contributed by atoms with Gasteiger partial charge in [0.2, 0.25) is 5.95 Å². The fourth-order valence-corrected chi connectivity index (χ4v) is 2.52. The Morgan fingerprint density at radius 2 is 2.04 bits per heavy atom. The summed E-state index contributed by atoms with van der Waals surface area (Å²) < 4.78 is 33.2. The van der Waals surface area contributed by atoms with E-state index in [9.17, 15) is 13.6 Å². The van der Waals surface area contributed by atoms with Gasteiger partial charge in [0, 0.05) is 11.8 Å². The number of fused-ring (bicyclic) bond motifs is 1. The van der Waals surface area contributed by atoms with Gasteiger partial charge in [-0.15, -0.1) is 0 Å². The zero-order valence-electron chi connectivity index (χ0n) is 14.4. The van der Waals surface area contributed by atoms with Gasteiger partial charge >= 0.3 is 0 Å². The second-order valence-electron chi connectivity index (χ2n) is 5.78. The number of aromatic nitrogens is 5. The van der Waals surface area contributed by atoms with Gasteiger partial charge < -0.3 is 10.1 Å². The molecule has 140 valence electrons. The number of anilines is 1. The first-order valence-electron chi connectivity index (χ1n) is 8.07. The van der Waals surface area contributed by atoms with Crippen LogP contribution in [-0.4, -0.2) is 30.5 Å². The van der Waals surface area contributed by atoms with Gasteiger partial charge in [-0.05, 0) is 25.1 Å². The van der Waals surface area contributed by atoms with E-state index >= 15 is 0 Å². The normalized spacial score (nSPS) is 10.8. The van der Waals surface area contributed by atoms with E-state index in [1.165, 1.54) is 23.1 Å². The first-order valence-corrected chi connectivity index (χ1v) is 8.07. The minimum absolute atomic E-state index is 0.0370. The van der Waals surface area contributed by atoms with Crippen LogP contribution in [0.15, 0.2) is 49.1 Å². The monoisotopic (exact) mass is 382 g/mol. The third kappa shape index (κ3) is 3.47. The number of aryl methyl sites for hydroxylation is 1. The highest BCUT2D eigenvalue weighted by atomic mass is 19.2. The van der Waals surface area contributed by atoms with E-state index in [0.717, 1.165) is 18.0 Å². The molecular weight excluding hydrogens is 370 g/mol. The van der Waals surface area contributed by atoms with Gasteiger partial charge in [-0.25, -0.2) is 23.9 Å². The van der Waals surface area contributed by atoms with Crippen LogP contribution >= 0.6 is 0 Å². The summed E-state index contributed by atoms with van der Waals surface area (Å²) in [5, 5.41) is 6.68. The van der Waals surface area contributed by atoms with Crippen LogP contribution in [0, 0.1) is 18.7 Å². The lowest BCUT2D eigenvalue weighted by Crippen LogP contribution is -2.15. The molecule has 0 bridgehead atoms. The maximum Gasteiger partial charge on any atom is 0.260 e. The van der Waals surface area contributed by atoms with Crippen LogP contribution in [0.3, 0.4) is 0 Å². The average molecular weight is 382 g/mol. The van der Waals surface area contributed by atoms with Crippen LogP contribution < -0.4 is 10.1 Å². The molecular formula is C18H12F2N6O2. The molecule has 0 radical (unpaired) electrons. The lowest BCUT2D eigenvalue weighted by molar-refractivity contribution is 0.102. The predicted molar refractivity (Wildman–Crippen MR) is 94.1 cm³/mol. The van der Waals surface area contributed by atoms with Crippen LogP contribution in [-0.2, 0) is 0 Å². The molecule has 0 unspecified atom stereocenters. The first kappa shape index (κ1) is 17.5. The SMILES string of the molecule is Cc1cccc(NC(=O)c2cc(Oc3cnc(F)c(F)c3)cn3ncnc23)n1. The lowest BCUT2D eigenvalue weighted by Gasteiger charge is -2.10. The van der Waals surface area contributed by atoms with Gasteiger partial charge in [-0.1, -0.05) is 6.07 Å². The van der Waals surface area contributed by atoms with E-state index < -0.39 is 17.7 Å². The number of carbonyl (C=O) groups excluding carboxylic acids is 1. The molecule has 0 saturated heterocycles. The largest absolute Gasteiger partial charge is 0.454 e. The Kier molecular flexibility index (Phi) is 4.36. The molecule has 4 rings (SSSR count). The third-order valence-electron chi connectivity index (χ3n) is 3.73. The van der Waals surface area contributed by atoms with Gasteiger partial charge in [0.1, 0.15) is 23.6 Å². The molecule has 0 aliphatic heterocycles. The van der Waals surface area contributed by atoms with Crippen molar-refractivity contribution in [2.24, 2.45) is 0 Å². The quantitative estimate of drug-likeness (QED) is 0.545. The van der Waals surface area contributed by atoms with Crippen molar-refractivity contribution in [3.8, 4) is 11.5 Å². The highest BCUT2D eigenvalue weighted by molar-refractivity contribution is 6.08. The van der Waals surface area contributed by atoms with E-state index in [4.69, 9.17) is 4.74 Å². The van der Waals surface area contributed by atoms with E-state index in [0.29, 0.717) is 11.5 Å². The van der Waals surface area contributed by atoms with E-state index in [2.05, 4.69) is 25.4 Å². The number of carbonyl (C=O) groups is 1. The fourth-order valence-electron chi connectivity index (χ4n) is 2.52. The Labute approximate surface area is 156 Å². The summed E-state index contributed by atoms with van der Waals surface area (Å²) in [5.74, 6) is -2.37. The first-order chi connectivity index (χ1) is 13.5. The smallest absolute Gasteiger partial charge is 0.260 e. The van der Waals surface area contributed by atoms with E-state index in [-0.39, 0.29) is 17.1 Å². The predicted octanol–water partition coefficient (Wildman–Crippen LogP) is 3.15. The van der Waals surface area contributed by atoms with Crippen LogP contribution in [0.1, 0.15) is 16.1 Å². The van der Waals surface area contributed by atoms with Crippen molar-refractivity contribution in [1.29, 1.82) is 0 Å². The molecule has 28 heavy (non-hydrogen) atoms. The number of ether oxygens (including phenoxy) is 1. The van der Waals surface area contributed by atoms with Crippen LogP contribution in [0.25, 0.3) is 5.65 Å². The summed E-state index contributed by atoms with van der Waals surface area (Å²) in [7, 11) is 0. The molecule has 0 fully saturated rings. The van der Waals surface area contributed by atoms with Gasteiger partial charge in [0.15, 0.2) is 11.5 Å². The number of rotatable bonds is 4. The van der Waals surface area contributed by atoms with Crippen molar-refractivity contribution >= 4 is 17.4 Å². The zero-order valence-corrected chi connectivity index (χ0v) is 14.4. The molecule has 4 heterocycles. The minimum Gasteiger partial charge on any atom is -0.454 e. The Hall–Kier alpha value is -3.95. The van der Waals surface area contributed by atoms with Gasteiger partial charge in [0.25, 0.3) is 5.91 Å². The molecule has 0 aromatic carbocycles. The number of nitrogens with one attached hydrogen (secondary N) is 1. The molecule has 10 heteroatoms. The Balaban J connectivity index is 1.68. The Morgan fingerprint density at radius 3 is 2.82 bits per heavy atom. The lowest BCUT2D eigenvalue weighted by atomic mass is 10.2. The number of nitrogens with zero attached hydrogens (tertiary/aromatic N) is 5. The van der Waals surface area contributed by atoms with Crippen molar-refractivity contribution in [3.05, 3.63) is 72.1 Å². The van der Waals surface area contributed by atoms with E-state index in [1.807, 2.05) is 0 Å². The molecule has 4 aromatic rings. The van der Waals surface area contributed by atoms with Crippen LogP contribution in [0.5, 0.6) is 11.5 Å². The van der Waals surface area contributed by atoms with Gasteiger partial charge in [0.05, 0.1) is 18.0 Å². The van der Waals surface area contributed by atoms with Crippen LogP contribution in [0.4, 0.5) is 14.6 Å². The van der Waals surface area contributed by atoms with Crippen LogP contribution in [0.2, 0.25) is 0 Å². The average Bonchev–Trinajstić information content (AvgIpc) is 3.12. The fraction of sp³-hybridized carbons (Fsp3) is 0.0556. The molecule has 0 spiro atoms. The maximum absolute atomic E-state index is 13.4. The standard InChI is InChI=1S/C18H12F2N6O2/c1-10-3-2-4-15(24-10)25-18(27)13-5-12(8-26-17(13)22-9-23-26)28-11-6-14(19)16(20)21-7-11/h2-9H,1H3,(H,24,25,27). The molecule has 1 N–H and O–H groups in total. The number of halogens is 2.